The molecule has 0 fully saturated rings. The van der Waals surface area contributed by atoms with Crippen LogP contribution in [0.1, 0.15) is 0 Å². The van der Waals surface area contributed by atoms with Gasteiger partial charge in [-0.05, 0) is 0 Å². The molecule has 0 bridgehead atoms. The molecule has 0 saturated carbocycles. The van der Waals surface area contributed by atoms with Gasteiger partial charge in [0.15, 0.2) is 0 Å². The average Bonchev–Trinajstić information content (AvgIpc) is 1.60. The molecule has 0 radical (unpaired) electrons. The van der Waals surface area contributed by atoms with Crippen LogP contribution in [0.2, 0.25) is 0 Å². The molecule has 0 aliphatic rings. The van der Waals surface area contributed by atoms with E-state index < -0.39 is 34.4 Å². The maximum atomic E-state index is 8.61. The summed E-state index contributed by atoms with van der Waals surface area (Å²) in [6.45, 7) is 0. The Morgan fingerprint density at radius 1 is 0.917 bits per heavy atom. The normalized spacial score (nSPS) is 5.42. The Bertz CT molecular complexity index is 203. The van der Waals surface area contributed by atoms with Crippen molar-refractivity contribution in [2.24, 2.45) is 0 Å². The molecular formula is HMo2O6S2W2. The molecular weight excluding hydrogens is 720 g/mol. The Balaban J connectivity index is -0.0000000389. The van der Waals surface area contributed by atoms with E-state index in [0.29, 0.717) is 0 Å². The van der Waals surface area contributed by atoms with Gasteiger partial charge in [-0.3, -0.25) is 0 Å². The first-order valence-electron chi connectivity index (χ1n) is 1.35. The van der Waals surface area contributed by atoms with Crippen molar-refractivity contribution in [2.45, 2.75) is 0 Å². The molecule has 0 N–H and O–H groups in total. The van der Waals surface area contributed by atoms with Crippen LogP contribution in [0.3, 0.4) is 0 Å². The van der Waals surface area contributed by atoms with E-state index in [4.69, 9.17) is 20.4 Å². The fraction of sp³-hybridized carbons (Fsp3) is 0. The van der Waals surface area contributed by atoms with Gasteiger partial charge in [-0.1, -0.05) is 0 Å². The van der Waals surface area contributed by atoms with Crippen molar-refractivity contribution < 1.29 is 94.4 Å². The summed E-state index contributed by atoms with van der Waals surface area (Å²) in [5.41, 5.74) is 0. The van der Waals surface area contributed by atoms with Gasteiger partial charge in [0.1, 0.15) is 0 Å². The molecule has 6 nitrogen and oxygen atoms in total. The van der Waals surface area contributed by atoms with Gasteiger partial charge in [0, 0.05) is 21.1 Å². The quantitative estimate of drug-likeness (QED) is 0.219. The molecule has 12 heavy (non-hydrogen) atoms. The Morgan fingerprint density at radius 3 is 0.917 bits per heavy atom. The average molecular weight is 721 g/mol. The number of hydrogen-bond donors (Lipinski definition) is 1. The van der Waals surface area contributed by atoms with Crippen molar-refractivity contribution in [1.29, 1.82) is 0 Å². The molecule has 0 heterocycles. The summed E-state index contributed by atoms with van der Waals surface area (Å²) >= 11 is -2.99. The molecule has 0 aliphatic carbocycles. The zero-order valence-corrected chi connectivity index (χ0v) is 16.5. The molecule has 0 aromatic rings. The third kappa shape index (κ3) is 306. The van der Waals surface area contributed by atoms with Gasteiger partial charge < -0.3 is 0 Å². The first-order valence-corrected chi connectivity index (χ1v) is 12.8. The molecule has 0 amide bonds. The third-order valence-corrected chi connectivity index (χ3v) is 0. The summed E-state index contributed by atoms with van der Waals surface area (Å²) in [7, 11) is 1.45. The zero-order valence-electron chi connectivity index (χ0n) is 4.94. The second-order valence-electron chi connectivity index (χ2n) is 0.483. The van der Waals surface area contributed by atoms with E-state index in [0.717, 1.165) is 0 Å². The van der Waals surface area contributed by atoms with Crippen LogP contribution < -0.4 is 0 Å². The Kier molecular flexibility index (Phi) is 46.1. The van der Waals surface area contributed by atoms with E-state index in [-0.39, 0.29) is 21.1 Å². The summed E-state index contributed by atoms with van der Waals surface area (Å²) in [4.78, 5) is 0. The second-order valence-corrected chi connectivity index (χ2v) is 7.31. The molecule has 0 aliphatic heterocycles. The Labute approximate surface area is 113 Å². The van der Waals surface area contributed by atoms with Crippen molar-refractivity contribution in [2.75, 3.05) is 0 Å². The van der Waals surface area contributed by atoms with Crippen LogP contribution in [0.15, 0.2) is 0 Å². The van der Waals surface area contributed by atoms with Crippen LogP contribution in [-0.4, -0.2) is 0 Å². The van der Waals surface area contributed by atoms with Gasteiger partial charge in [0.25, 0.3) is 0 Å². The van der Waals surface area contributed by atoms with E-state index >= 15 is 0 Å². The molecule has 0 aromatic carbocycles. The maximum absolute atomic E-state index is 8.61. The molecule has 0 atom stereocenters. The predicted molar refractivity (Wildman–Crippen MR) is 20.7 cm³/mol. The molecule has 12 heteroatoms. The van der Waals surface area contributed by atoms with E-state index in [1.807, 2.05) is 18.5 Å². The minimum absolute atomic E-state index is 0. The van der Waals surface area contributed by atoms with E-state index in [2.05, 4.69) is 11.7 Å². The Hall–Kier alpha value is 2.25. The van der Waals surface area contributed by atoms with E-state index in [9.17, 15) is 0 Å². The summed E-state index contributed by atoms with van der Waals surface area (Å²) < 4.78 is 51.7. The minimum atomic E-state index is -4.28. The summed E-state index contributed by atoms with van der Waals surface area (Å²) in [5, 5.41) is 0. The van der Waals surface area contributed by atoms with Gasteiger partial charge in [-0.2, -0.15) is 0 Å². The molecule has 0 unspecified atom stereocenters. The van der Waals surface area contributed by atoms with Crippen molar-refractivity contribution in [3.63, 3.8) is 0 Å². The van der Waals surface area contributed by atoms with Gasteiger partial charge in [0.05, 0.1) is 0 Å². The summed E-state index contributed by atoms with van der Waals surface area (Å²) in [6, 6.07) is 0. The first-order chi connectivity index (χ1) is 4.88. The topological polar surface area (TPSA) is 102 Å². The SMILES string of the molecule is S[S][Mo].[Mo].[O]=[W](=[O])=[O].[O]=[W](=[O])=[O]. The van der Waals surface area contributed by atoms with E-state index in [1.165, 1.54) is 8.50 Å². The van der Waals surface area contributed by atoms with Crippen molar-refractivity contribution in [1.82, 2.24) is 0 Å². The van der Waals surface area contributed by atoms with Crippen LogP contribution in [0.5, 0.6) is 0 Å². The number of rotatable bonds is 0. The second kappa shape index (κ2) is 23.2. The zero-order chi connectivity index (χ0) is 9.86. The summed E-state index contributed by atoms with van der Waals surface area (Å²) in [6.07, 6.45) is 0. The molecule has 0 spiro atoms. The van der Waals surface area contributed by atoms with Crippen LogP contribution in [0.4, 0.5) is 0 Å². The van der Waals surface area contributed by atoms with Crippen LogP contribution in [-0.2, 0) is 94.4 Å². The van der Waals surface area contributed by atoms with Crippen LogP contribution >= 0.6 is 20.2 Å². The van der Waals surface area contributed by atoms with Gasteiger partial charge in [-0.15, -0.1) is 0 Å². The molecule has 0 rings (SSSR count). The monoisotopic (exact) mass is 725 g/mol. The Morgan fingerprint density at radius 2 is 0.917 bits per heavy atom. The van der Waals surface area contributed by atoms with Crippen molar-refractivity contribution in [3.05, 3.63) is 0 Å². The third-order valence-electron chi connectivity index (χ3n) is 0. The number of hydrogen-bond acceptors (Lipinski definition) is 8. The number of thiol groups is 1. The van der Waals surface area contributed by atoms with Gasteiger partial charge in [-0.25, -0.2) is 0 Å². The molecule has 0 saturated heterocycles. The van der Waals surface area contributed by atoms with Crippen LogP contribution in [0, 0.1) is 0 Å². The van der Waals surface area contributed by atoms with Crippen molar-refractivity contribution in [3.8, 4) is 0 Å². The fourth-order valence-electron chi connectivity index (χ4n) is 0. The fourth-order valence-corrected chi connectivity index (χ4v) is 0. The standard InChI is InChI=1S/2Mo.6O.H2S2.2W/c;;;;;;;;1-2;;/h;;;;;;;;1-2H;;/q;+1;;;;;;;;;/p-1. The predicted octanol–water partition coefficient (Wildman–Crippen LogP) is 0.306. The van der Waals surface area contributed by atoms with Crippen LogP contribution in [0.25, 0.3) is 0 Å². The van der Waals surface area contributed by atoms with Gasteiger partial charge in [0.2, 0.25) is 0 Å². The van der Waals surface area contributed by atoms with Crippen molar-refractivity contribution >= 4 is 20.2 Å². The molecule has 73 valence electrons. The van der Waals surface area contributed by atoms with E-state index in [1.54, 1.807) is 0 Å². The van der Waals surface area contributed by atoms with Gasteiger partial charge >= 0.3 is 93.5 Å². The summed E-state index contributed by atoms with van der Waals surface area (Å²) in [5.74, 6) is 0. The molecule has 0 aromatic heterocycles. The first kappa shape index (κ1) is 23.8.